The third-order valence-corrected chi connectivity index (χ3v) is 9.63. The van der Waals surface area contributed by atoms with E-state index >= 15 is 0 Å². The van der Waals surface area contributed by atoms with Crippen LogP contribution in [0.4, 0.5) is 0 Å². The number of carbonyl (C=O) groups excluding carboxylic acids is 1. The lowest BCUT2D eigenvalue weighted by atomic mass is 9.43. The van der Waals surface area contributed by atoms with Gasteiger partial charge in [-0.2, -0.15) is 0 Å². The van der Waals surface area contributed by atoms with Gasteiger partial charge >= 0.3 is 5.97 Å². The predicted octanol–water partition coefficient (Wildman–Crippen LogP) is 4.14. The number of hydrogen-bond donors (Lipinski definition) is 2. The normalized spacial score (nSPS) is 51.3. The molecule has 0 aliphatic heterocycles. The Labute approximate surface area is 167 Å². The van der Waals surface area contributed by atoms with Crippen LogP contribution in [0.25, 0.3) is 0 Å². The van der Waals surface area contributed by atoms with Crippen molar-refractivity contribution in [3.05, 3.63) is 23.8 Å². The highest BCUT2D eigenvalue weighted by Crippen LogP contribution is 2.73. The van der Waals surface area contributed by atoms with Crippen LogP contribution in [-0.2, 0) is 9.59 Å². The van der Waals surface area contributed by atoms with Crippen LogP contribution in [0, 0.1) is 40.4 Å². The number of aliphatic hydroxyl groups is 1. The number of aliphatic carboxylic acids is 1. The van der Waals surface area contributed by atoms with E-state index in [1.165, 1.54) is 12.0 Å². The maximum absolute atomic E-state index is 12.1. The van der Waals surface area contributed by atoms with Crippen molar-refractivity contribution in [2.45, 2.75) is 70.8 Å². The number of fused-ring (bicyclic) bond motifs is 8. The molecular weight excluding hydrogens is 352 g/mol. The summed E-state index contributed by atoms with van der Waals surface area (Å²) in [5, 5.41) is 20.8. The largest absolute Gasteiger partial charge is 0.481 e. The van der Waals surface area contributed by atoms with Gasteiger partial charge in [-0.3, -0.25) is 9.59 Å². The zero-order valence-corrected chi connectivity index (χ0v) is 17.0. The van der Waals surface area contributed by atoms with Crippen molar-refractivity contribution in [3.8, 4) is 0 Å². The van der Waals surface area contributed by atoms with Crippen LogP contribution < -0.4 is 0 Å². The van der Waals surface area contributed by atoms with E-state index in [0.717, 1.165) is 25.7 Å². The van der Waals surface area contributed by atoms with Crippen molar-refractivity contribution in [2.24, 2.45) is 40.4 Å². The lowest BCUT2D eigenvalue weighted by molar-refractivity contribution is -0.160. The third kappa shape index (κ3) is 2.33. The number of carboxylic acids is 1. The average molecular weight is 385 g/mol. The molecule has 3 saturated carbocycles. The van der Waals surface area contributed by atoms with Crippen LogP contribution in [0.1, 0.15) is 65.2 Å². The molecule has 8 atom stereocenters. The van der Waals surface area contributed by atoms with Crippen molar-refractivity contribution in [1.29, 1.82) is 0 Å². The Kier molecular flexibility index (Phi) is 3.86. The lowest BCUT2D eigenvalue weighted by Gasteiger charge is -2.62. The van der Waals surface area contributed by atoms with Crippen LogP contribution in [-0.4, -0.2) is 27.6 Å². The molecule has 0 saturated heterocycles. The van der Waals surface area contributed by atoms with Crippen LogP contribution in [0.3, 0.4) is 0 Å². The minimum atomic E-state index is -1.02. The molecule has 0 heterocycles. The van der Waals surface area contributed by atoms with Gasteiger partial charge in [0.2, 0.25) is 0 Å². The first kappa shape index (κ1) is 18.6. The van der Waals surface area contributed by atoms with Gasteiger partial charge in [0.15, 0.2) is 5.78 Å². The average Bonchev–Trinajstić information content (AvgIpc) is 3.43. The SMILES string of the molecule is CC12CCC(=O)C=C1C1CC1C1C2CCC2(C)C1CC=CC2(O)CCC(=O)O. The molecule has 5 aliphatic rings. The predicted molar refractivity (Wildman–Crippen MR) is 105 cm³/mol. The highest BCUT2D eigenvalue weighted by molar-refractivity contribution is 5.92. The second-order valence-corrected chi connectivity index (χ2v) is 10.7. The van der Waals surface area contributed by atoms with Gasteiger partial charge in [0, 0.05) is 18.3 Å². The molecule has 0 aromatic carbocycles. The first-order valence-electron chi connectivity index (χ1n) is 11.1. The van der Waals surface area contributed by atoms with Crippen molar-refractivity contribution in [3.63, 3.8) is 0 Å². The third-order valence-electron chi connectivity index (χ3n) is 9.63. The lowest BCUT2D eigenvalue weighted by Crippen LogP contribution is -2.60. The first-order chi connectivity index (χ1) is 13.2. The zero-order valence-electron chi connectivity index (χ0n) is 17.0. The maximum Gasteiger partial charge on any atom is 0.303 e. The summed E-state index contributed by atoms with van der Waals surface area (Å²) in [5.41, 5.74) is 0.292. The molecule has 3 fully saturated rings. The van der Waals surface area contributed by atoms with E-state index in [0.29, 0.717) is 48.2 Å². The van der Waals surface area contributed by atoms with Gasteiger partial charge in [-0.25, -0.2) is 0 Å². The molecule has 0 aromatic rings. The summed E-state index contributed by atoms with van der Waals surface area (Å²) in [6.07, 6.45) is 12.2. The topological polar surface area (TPSA) is 74.6 Å². The molecule has 8 unspecified atom stereocenters. The van der Waals surface area contributed by atoms with E-state index in [4.69, 9.17) is 0 Å². The van der Waals surface area contributed by atoms with Gasteiger partial charge in [-0.05, 0) is 79.6 Å². The number of ketones is 1. The highest BCUT2D eigenvalue weighted by atomic mass is 16.4. The Balaban J connectivity index is 1.51. The summed E-state index contributed by atoms with van der Waals surface area (Å²) in [7, 11) is 0. The van der Waals surface area contributed by atoms with Crippen LogP contribution in [0.2, 0.25) is 0 Å². The molecule has 0 amide bonds. The van der Waals surface area contributed by atoms with Crippen molar-refractivity contribution < 1.29 is 19.8 Å². The van der Waals surface area contributed by atoms with E-state index in [2.05, 4.69) is 19.9 Å². The molecule has 152 valence electrons. The minimum absolute atomic E-state index is 0.00993. The molecule has 0 aromatic heterocycles. The van der Waals surface area contributed by atoms with Crippen molar-refractivity contribution in [1.82, 2.24) is 0 Å². The van der Waals surface area contributed by atoms with Crippen molar-refractivity contribution in [2.75, 3.05) is 0 Å². The molecule has 4 heteroatoms. The fraction of sp³-hybridized carbons (Fsp3) is 0.750. The Bertz CT molecular complexity index is 796. The van der Waals surface area contributed by atoms with E-state index in [-0.39, 0.29) is 17.3 Å². The number of carboxylic acid groups (broad SMARTS) is 1. The van der Waals surface area contributed by atoms with Crippen LogP contribution >= 0.6 is 0 Å². The van der Waals surface area contributed by atoms with E-state index in [1.54, 1.807) is 0 Å². The molecule has 4 nitrogen and oxygen atoms in total. The van der Waals surface area contributed by atoms with E-state index in [1.807, 2.05) is 12.2 Å². The van der Waals surface area contributed by atoms with Crippen LogP contribution in [0.5, 0.6) is 0 Å². The van der Waals surface area contributed by atoms with Gasteiger partial charge in [-0.1, -0.05) is 31.6 Å². The molecule has 0 radical (unpaired) electrons. The standard InChI is InChI=1S/C24H32O4/c1-22-9-5-14(25)12-19(22)15-13-16(15)21-17(22)6-10-23(2)18(21)4-3-8-24(23,28)11-7-20(26)27/h3,8,12,15-18,21,28H,4-7,9-11,13H2,1-2H3,(H,26,27). The van der Waals surface area contributed by atoms with E-state index in [9.17, 15) is 19.8 Å². The van der Waals surface area contributed by atoms with E-state index < -0.39 is 11.6 Å². The maximum atomic E-state index is 12.1. The Hall–Kier alpha value is -1.42. The summed E-state index contributed by atoms with van der Waals surface area (Å²) in [6.45, 7) is 4.62. The quantitative estimate of drug-likeness (QED) is 0.717. The molecule has 2 N–H and O–H groups in total. The smallest absolute Gasteiger partial charge is 0.303 e. The summed E-state index contributed by atoms with van der Waals surface area (Å²) in [6, 6.07) is 0. The zero-order chi connectivity index (χ0) is 19.9. The summed E-state index contributed by atoms with van der Waals surface area (Å²) in [5.74, 6) is 2.26. The van der Waals surface area contributed by atoms with Gasteiger partial charge in [0.1, 0.15) is 0 Å². The Morgan fingerprint density at radius 3 is 2.79 bits per heavy atom. The molecule has 5 rings (SSSR count). The van der Waals surface area contributed by atoms with Gasteiger partial charge in [0.25, 0.3) is 0 Å². The van der Waals surface area contributed by atoms with Crippen molar-refractivity contribution >= 4 is 11.8 Å². The molecule has 5 aliphatic carbocycles. The molecule has 0 bridgehead atoms. The molecular formula is C24H32O4. The summed E-state index contributed by atoms with van der Waals surface area (Å²) < 4.78 is 0. The van der Waals surface area contributed by atoms with Crippen LogP contribution in [0.15, 0.2) is 23.8 Å². The molecule has 28 heavy (non-hydrogen) atoms. The van der Waals surface area contributed by atoms with Gasteiger partial charge in [0.05, 0.1) is 5.60 Å². The molecule has 0 spiro atoms. The highest BCUT2D eigenvalue weighted by Gasteiger charge is 2.68. The second-order valence-electron chi connectivity index (χ2n) is 10.7. The van der Waals surface area contributed by atoms with Gasteiger partial charge in [-0.15, -0.1) is 0 Å². The summed E-state index contributed by atoms with van der Waals surface area (Å²) >= 11 is 0. The fourth-order valence-corrected chi connectivity index (χ4v) is 7.96. The Morgan fingerprint density at radius 2 is 2.04 bits per heavy atom. The number of allylic oxidation sites excluding steroid dienone is 3. The second kappa shape index (κ2) is 5.81. The summed E-state index contributed by atoms with van der Waals surface area (Å²) in [4.78, 5) is 23.3. The number of hydrogen-bond acceptors (Lipinski definition) is 3. The van der Waals surface area contributed by atoms with Gasteiger partial charge < -0.3 is 10.2 Å². The number of carbonyl (C=O) groups is 2. The first-order valence-corrected chi connectivity index (χ1v) is 11.1. The monoisotopic (exact) mass is 384 g/mol. The Morgan fingerprint density at radius 1 is 1.25 bits per heavy atom. The fourth-order valence-electron chi connectivity index (χ4n) is 7.96. The number of rotatable bonds is 3. The minimum Gasteiger partial charge on any atom is -0.481 e.